The van der Waals surface area contributed by atoms with E-state index in [0.717, 1.165) is 28.5 Å². The van der Waals surface area contributed by atoms with Crippen molar-refractivity contribution in [2.75, 3.05) is 6.61 Å². The first-order valence-corrected chi connectivity index (χ1v) is 14.4. The highest BCUT2D eigenvalue weighted by molar-refractivity contribution is 5.95. The van der Waals surface area contributed by atoms with Crippen LogP contribution in [-0.2, 0) is 44.2 Å². The Morgan fingerprint density at radius 3 is 2.73 bits per heavy atom. The maximum atomic E-state index is 15.1. The first kappa shape index (κ1) is 26.3. The molecule has 2 N–H and O–H groups in total. The molecule has 2 aliphatic carbocycles. The Morgan fingerprint density at radius 2 is 2.02 bits per heavy atom. The highest BCUT2D eigenvalue weighted by atomic mass is 19.1. The highest BCUT2D eigenvalue weighted by Gasteiger charge is 2.52. The number of benzene rings is 1. The number of hydrogen-bond acceptors (Lipinski definition) is 7. The monoisotopic (exact) mass is 561 g/mol. The third-order valence-corrected chi connectivity index (χ3v) is 9.38. The molecule has 214 valence electrons. The van der Waals surface area contributed by atoms with Crippen LogP contribution in [0.1, 0.15) is 85.4 Å². The summed E-state index contributed by atoms with van der Waals surface area (Å²) >= 11 is 0. The lowest BCUT2D eigenvalue weighted by atomic mass is 9.81. The van der Waals surface area contributed by atoms with Gasteiger partial charge in [0.05, 0.1) is 35.1 Å². The summed E-state index contributed by atoms with van der Waals surface area (Å²) in [6, 6.07) is 2.69. The fourth-order valence-electron chi connectivity index (χ4n) is 6.84. The highest BCUT2D eigenvalue weighted by Crippen LogP contribution is 2.47. The number of carbonyl (C=O) groups is 2. The number of nitrogens with one attached hydrogen (secondary N) is 1. The van der Waals surface area contributed by atoms with Gasteiger partial charge in [0.15, 0.2) is 5.60 Å². The number of aryl methyl sites for hydroxylation is 1. The molecule has 10 heteroatoms. The molecule has 1 aromatic carbocycles. The van der Waals surface area contributed by atoms with Gasteiger partial charge in [-0.15, -0.1) is 0 Å². The largest absolute Gasteiger partial charge is 0.458 e. The molecule has 7 rings (SSSR count). The number of pyridine rings is 2. The van der Waals surface area contributed by atoms with Crippen molar-refractivity contribution in [2.24, 2.45) is 0 Å². The van der Waals surface area contributed by atoms with Gasteiger partial charge < -0.3 is 24.5 Å². The number of cyclic esters (lactones) is 1. The van der Waals surface area contributed by atoms with E-state index in [1.807, 2.05) is 6.92 Å². The summed E-state index contributed by atoms with van der Waals surface area (Å²) in [5.74, 6) is -1.30. The van der Waals surface area contributed by atoms with Crippen LogP contribution in [0.3, 0.4) is 0 Å². The molecule has 1 fully saturated rings. The summed E-state index contributed by atoms with van der Waals surface area (Å²) < 4.78 is 27.8. The predicted octanol–water partition coefficient (Wildman–Crippen LogP) is 3.59. The number of esters is 1. The first-order chi connectivity index (χ1) is 19.6. The van der Waals surface area contributed by atoms with Crippen LogP contribution in [0, 0.1) is 12.7 Å². The van der Waals surface area contributed by atoms with Crippen LogP contribution in [0.4, 0.5) is 4.39 Å². The van der Waals surface area contributed by atoms with Crippen LogP contribution in [0.2, 0.25) is 0 Å². The molecule has 4 heterocycles. The number of carbonyl (C=O) groups excluding carboxylic acids is 2. The molecular weight excluding hydrogens is 529 g/mol. The van der Waals surface area contributed by atoms with Crippen molar-refractivity contribution in [1.29, 1.82) is 0 Å². The van der Waals surface area contributed by atoms with Gasteiger partial charge >= 0.3 is 5.97 Å². The van der Waals surface area contributed by atoms with E-state index in [0.29, 0.717) is 54.8 Å². The number of halogens is 1. The number of aromatic nitrogens is 2. The van der Waals surface area contributed by atoms with Crippen molar-refractivity contribution in [3.63, 3.8) is 0 Å². The van der Waals surface area contributed by atoms with Crippen LogP contribution in [0.25, 0.3) is 22.3 Å². The second-order valence-corrected chi connectivity index (χ2v) is 11.7. The van der Waals surface area contributed by atoms with Crippen molar-refractivity contribution in [2.45, 2.75) is 89.7 Å². The fourth-order valence-corrected chi connectivity index (χ4v) is 6.84. The lowest BCUT2D eigenvalue weighted by molar-refractivity contribution is -0.172. The maximum Gasteiger partial charge on any atom is 0.343 e. The third kappa shape index (κ3) is 3.59. The van der Waals surface area contributed by atoms with E-state index in [9.17, 15) is 19.5 Å². The van der Waals surface area contributed by atoms with Gasteiger partial charge in [0, 0.05) is 29.2 Å². The van der Waals surface area contributed by atoms with E-state index >= 15 is 4.39 Å². The zero-order chi connectivity index (χ0) is 28.8. The average molecular weight is 562 g/mol. The van der Waals surface area contributed by atoms with Gasteiger partial charge in [-0.05, 0) is 68.2 Å². The van der Waals surface area contributed by atoms with Crippen LogP contribution >= 0.6 is 0 Å². The number of nitrogens with zero attached hydrogens (tertiary/aromatic N) is 2. The topological polar surface area (TPSA) is 120 Å². The van der Waals surface area contributed by atoms with Crippen LogP contribution < -0.4 is 10.9 Å². The second kappa shape index (κ2) is 8.93. The smallest absolute Gasteiger partial charge is 0.343 e. The van der Waals surface area contributed by atoms with E-state index in [-0.39, 0.29) is 54.0 Å². The Bertz CT molecular complexity index is 1740. The lowest BCUT2D eigenvalue weighted by Gasteiger charge is -2.31. The minimum Gasteiger partial charge on any atom is -0.458 e. The van der Waals surface area contributed by atoms with E-state index in [2.05, 4.69) is 5.32 Å². The van der Waals surface area contributed by atoms with Crippen molar-refractivity contribution in [3.05, 3.63) is 61.7 Å². The molecule has 0 spiro atoms. The molecule has 1 amide bonds. The number of amides is 1. The van der Waals surface area contributed by atoms with Crippen molar-refractivity contribution < 1.29 is 28.6 Å². The van der Waals surface area contributed by atoms with Crippen molar-refractivity contribution in [3.8, 4) is 11.4 Å². The lowest BCUT2D eigenvalue weighted by Crippen LogP contribution is -2.44. The molecule has 4 aliphatic rings. The molecule has 9 nitrogen and oxygen atoms in total. The minimum absolute atomic E-state index is 0.0365. The van der Waals surface area contributed by atoms with Crippen LogP contribution in [0.15, 0.2) is 16.9 Å². The van der Waals surface area contributed by atoms with Gasteiger partial charge in [-0.3, -0.25) is 9.59 Å². The predicted molar refractivity (Wildman–Crippen MR) is 147 cm³/mol. The van der Waals surface area contributed by atoms with Crippen molar-refractivity contribution in [1.82, 2.24) is 14.9 Å². The summed E-state index contributed by atoms with van der Waals surface area (Å²) in [5.41, 5.74) is 1.77. The SMILES string of the molecule is CCCOC1(C(=O)N[C@H]2CCc3c(C)c(F)cc4nc5c(c2c34)Cn2c-5cc3c(c2=O)COC(=O)[C@]3(O)CC)CC1. The second-order valence-electron chi connectivity index (χ2n) is 11.7. The van der Waals surface area contributed by atoms with E-state index in [4.69, 9.17) is 14.5 Å². The summed E-state index contributed by atoms with van der Waals surface area (Å²) in [6.45, 7) is 5.91. The molecule has 0 unspecified atom stereocenters. The van der Waals surface area contributed by atoms with Gasteiger partial charge in [0.2, 0.25) is 0 Å². The fraction of sp³-hybridized carbons (Fsp3) is 0.484. The average Bonchev–Trinajstić information content (AvgIpc) is 3.67. The van der Waals surface area contributed by atoms with E-state index in [1.165, 1.54) is 6.07 Å². The Morgan fingerprint density at radius 1 is 1.24 bits per heavy atom. The Kier molecular flexibility index (Phi) is 5.73. The Hall–Kier alpha value is -3.63. The van der Waals surface area contributed by atoms with Crippen molar-refractivity contribution >= 4 is 22.8 Å². The molecule has 2 atom stereocenters. The van der Waals surface area contributed by atoms with Gasteiger partial charge in [-0.25, -0.2) is 14.2 Å². The van der Waals surface area contributed by atoms with E-state index in [1.54, 1.807) is 24.5 Å². The molecule has 0 bridgehead atoms. The van der Waals surface area contributed by atoms with E-state index < -0.39 is 17.2 Å². The van der Waals surface area contributed by atoms with Gasteiger partial charge in [-0.2, -0.15) is 0 Å². The molecule has 3 aromatic rings. The molecule has 0 radical (unpaired) electrons. The van der Waals surface area contributed by atoms with Gasteiger partial charge in [-0.1, -0.05) is 13.8 Å². The third-order valence-electron chi connectivity index (χ3n) is 9.38. The van der Waals surface area contributed by atoms with Crippen LogP contribution in [0.5, 0.6) is 0 Å². The normalized spacial score (nSPS) is 23.0. The standard InChI is InChI=1S/C31H32FN3O6/c1-4-10-41-30(8-9-30)28(37)34-21-7-6-16-15(3)20(32)12-22-24(16)25(21)17-13-35-23(26(17)33-22)11-19-18(27(35)36)14-40-29(38)31(19,39)5-2/h11-12,21,39H,4-10,13-14H2,1-3H3,(H,34,37)/t21-,31-/m0/s1. The molecule has 0 saturated heterocycles. The number of ether oxygens (including phenoxy) is 2. The maximum absolute atomic E-state index is 15.1. The van der Waals surface area contributed by atoms with Gasteiger partial charge in [0.1, 0.15) is 18.0 Å². The first-order valence-electron chi connectivity index (χ1n) is 14.4. The summed E-state index contributed by atoms with van der Waals surface area (Å²) in [6.07, 6.45) is 3.34. The summed E-state index contributed by atoms with van der Waals surface area (Å²) in [4.78, 5) is 44.7. The Labute approximate surface area is 235 Å². The number of rotatable bonds is 6. The number of fused-ring (bicyclic) bond motifs is 5. The quantitative estimate of drug-likeness (QED) is 0.345. The molecular formula is C31H32FN3O6. The minimum atomic E-state index is -1.94. The molecule has 2 aliphatic heterocycles. The number of hydrogen-bond donors (Lipinski definition) is 2. The summed E-state index contributed by atoms with van der Waals surface area (Å²) in [7, 11) is 0. The summed E-state index contributed by atoms with van der Waals surface area (Å²) in [5, 5.41) is 15.3. The van der Waals surface area contributed by atoms with Gasteiger partial charge in [0.25, 0.3) is 11.5 Å². The molecule has 41 heavy (non-hydrogen) atoms. The molecule has 1 saturated carbocycles. The Balaban J connectivity index is 1.42. The zero-order valence-corrected chi connectivity index (χ0v) is 23.4. The molecule has 2 aromatic heterocycles. The number of aliphatic hydroxyl groups is 1. The zero-order valence-electron chi connectivity index (χ0n) is 23.4. The van der Waals surface area contributed by atoms with Crippen LogP contribution in [-0.4, -0.2) is 38.7 Å².